The minimum absolute atomic E-state index is 0.00986. The monoisotopic (exact) mass is 206 g/mol. The van der Waals surface area contributed by atoms with Crippen LogP contribution in [0.25, 0.3) is 0 Å². The number of aliphatic hydroxyl groups excluding tert-OH is 1. The fraction of sp³-hybridized carbons (Fsp3) is 0.545. The number of hydrogen-bond donors (Lipinski definition) is 1. The fourth-order valence-electron chi connectivity index (χ4n) is 2.23. The summed E-state index contributed by atoms with van der Waals surface area (Å²) in [6.45, 7) is 3.87. The van der Waals surface area contributed by atoms with Gasteiger partial charge in [0.25, 0.3) is 0 Å². The summed E-state index contributed by atoms with van der Waals surface area (Å²) in [5.41, 5.74) is 1.15. The quantitative estimate of drug-likeness (QED) is 0.761. The first kappa shape index (κ1) is 9.12. The first-order valence-corrected chi connectivity index (χ1v) is 5.21. The Morgan fingerprint density at radius 1 is 1.40 bits per heavy atom. The van der Waals surface area contributed by atoms with Gasteiger partial charge >= 0.3 is 0 Å². The Bertz CT molecular complexity index is 369. The van der Waals surface area contributed by atoms with Crippen molar-refractivity contribution in [2.24, 2.45) is 5.41 Å². The third-order valence-corrected chi connectivity index (χ3v) is 3.15. The summed E-state index contributed by atoms with van der Waals surface area (Å²) in [4.78, 5) is 6.61. The molecule has 4 heteroatoms. The lowest BCUT2D eigenvalue weighted by atomic mass is 9.78. The fourth-order valence-corrected chi connectivity index (χ4v) is 2.23. The van der Waals surface area contributed by atoms with Crippen LogP contribution in [0.3, 0.4) is 0 Å². The lowest BCUT2D eigenvalue weighted by Crippen LogP contribution is -2.66. The molecule has 2 saturated heterocycles. The molecule has 2 fully saturated rings. The summed E-state index contributed by atoms with van der Waals surface area (Å²) in [6.07, 6.45) is 0. The Balaban J connectivity index is 1.72. The van der Waals surface area contributed by atoms with Gasteiger partial charge in [-0.15, -0.1) is 0 Å². The van der Waals surface area contributed by atoms with Crippen LogP contribution in [0.15, 0.2) is 18.2 Å². The smallest absolute Gasteiger partial charge is 0.128 e. The first-order valence-electron chi connectivity index (χ1n) is 5.21. The van der Waals surface area contributed by atoms with E-state index >= 15 is 0 Å². The third kappa shape index (κ3) is 1.41. The van der Waals surface area contributed by atoms with Crippen LogP contribution < -0.4 is 4.90 Å². The molecule has 1 spiro atoms. The highest BCUT2D eigenvalue weighted by Crippen LogP contribution is 2.39. The van der Waals surface area contributed by atoms with Crippen LogP contribution in [0.4, 0.5) is 5.82 Å². The molecule has 0 saturated carbocycles. The molecular weight excluding hydrogens is 192 g/mol. The highest BCUT2D eigenvalue weighted by molar-refractivity contribution is 5.44. The van der Waals surface area contributed by atoms with Crippen molar-refractivity contribution in [1.82, 2.24) is 4.98 Å². The van der Waals surface area contributed by atoms with E-state index in [1.54, 1.807) is 0 Å². The van der Waals surface area contributed by atoms with E-state index in [1.807, 2.05) is 18.2 Å². The summed E-state index contributed by atoms with van der Waals surface area (Å²) in [6, 6.07) is 5.77. The first-order chi connectivity index (χ1) is 7.31. The van der Waals surface area contributed by atoms with Gasteiger partial charge in [-0.2, -0.15) is 0 Å². The molecule has 0 radical (unpaired) electrons. The zero-order valence-corrected chi connectivity index (χ0v) is 8.52. The van der Waals surface area contributed by atoms with Gasteiger partial charge in [-0.3, -0.25) is 0 Å². The van der Waals surface area contributed by atoms with Crippen molar-refractivity contribution < 1.29 is 9.84 Å². The van der Waals surface area contributed by atoms with Gasteiger partial charge in [-0.1, -0.05) is 6.07 Å². The van der Waals surface area contributed by atoms with Gasteiger partial charge in [-0.05, 0) is 12.1 Å². The maximum Gasteiger partial charge on any atom is 0.128 e. The van der Waals surface area contributed by atoms with Crippen LogP contribution >= 0.6 is 0 Å². The Labute approximate surface area is 88.5 Å². The van der Waals surface area contributed by atoms with Crippen LogP contribution in [0.1, 0.15) is 5.69 Å². The third-order valence-electron chi connectivity index (χ3n) is 3.15. The molecule has 0 aliphatic carbocycles. The molecule has 3 heterocycles. The van der Waals surface area contributed by atoms with Gasteiger partial charge in [0, 0.05) is 13.1 Å². The van der Waals surface area contributed by atoms with E-state index < -0.39 is 0 Å². The van der Waals surface area contributed by atoms with E-state index in [4.69, 9.17) is 9.84 Å². The van der Waals surface area contributed by atoms with E-state index in [0.29, 0.717) is 5.41 Å². The number of pyridine rings is 1. The normalized spacial score (nSPS) is 22.3. The van der Waals surface area contributed by atoms with Crippen molar-refractivity contribution in [3.63, 3.8) is 0 Å². The van der Waals surface area contributed by atoms with Gasteiger partial charge < -0.3 is 14.7 Å². The highest BCUT2D eigenvalue weighted by atomic mass is 16.5. The summed E-state index contributed by atoms with van der Waals surface area (Å²) in [7, 11) is 0. The number of aromatic nitrogens is 1. The maximum absolute atomic E-state index is 8.99. The summed E-state index contributed by atoms with van der Waals surface area (Å²) in [5.74, 6) is 0.971. The molecular formula is C11H14N2O2. The Morgan fingerprint density at radius 2 is 2.20 bits per heavy atom. The molecule has 0 amide bonds. The van der Waals surface area contributed by atoms with Gasteiger partial charge in [0.15, 0.2) is 0 Å². The van der Waals surface area contributed by atoms with Crippen LogP contribution in [0, 0.1) is 5.41 Å². The van der Waals surface area contributed by atoms with Crippen LogP contribution in [-0.2, 0) is 11.3 Å². The average molecular weight is 206 g/mol. The number of anilines is 1. The van der Waals surface area contributed by atoms with E-state index in [1.165, 1.54) is 0 Å². The Kier molecular flexibility index (Phi) is 1.94. The molecule has 0 bridgehead atoms. The summed E-state index contributed by atoms with van der Waals surface area (Å²) >= 11 is 0. The van der Waals surface area contributed by atoms with E-state index in [-0.39, 0.29) is 6.61 Å². The predicted molar refractivity (Wildman–Crippen MR) is 55.6 cm³/mol. The van der Waals surface area contributed by atoms with Crippen LogP contribution in [0.2, 0.25) is 0 Å². The maximum atomic E-state index is 8.99. The van der Waals surface area contributed by atoms with E-state index in [0.717, 1.165) is 37.8 Å². The Hall–Kier alpha value is -1.13. The van der Waals surface area contributed by atoms with Crippen molar-refractivity contribution >= 4 is 5.82 Å². The standard InChI is InChI=1S/C11H14N2O2/c14-4-9-2-1-3-10(12-9)13-5-11(6-13)7-15-8-11/h1-3,14H,4-8H2. The molecule has 1 aromatic rings. The lowest BCUT2D eigenvalue weighted by Gasteiger charge is -2.55. The zero-order chi connectivity index (χ0) is 10.3. The van der Waals surface area contributed by atoms with E-state index in [9.17, 15) is 0 Å². The largest absolute Gasteiger partial charge is 0.390 e. The zero-order valence-electron chi connectivity index (χ0n) is 8.52. The molecule has 2 aliphatic rings. The Morgan fingerprint density at radius 3 is 2.80 bits per heavy atom. The summed E-state index contributed by atoms with van der Waals surface area (Å²) in [5, 5.41) is 8.99. The minimum atomic E-state index is 0.00986. The molecule has 3 rings (SSSR count). The number of rotatable bonds is 2. The SMILES string of the molecule is OCc1cccc(N2CC3(COC3)C2)n1. The molecule has 2 aliphatic heterocycles. The molecule has 0 aromatic carbocycles. The second-order valence-corrected chi connectivity index (χ2v) is 4.49. The second-order valence-electron chi connectivity index (χ2n) is 4.49. The van der Waals surface area contributed by atoms with Crippen molar-refractivity contribution in [2.75, 3.05) is 31.2 Å². The highest BCUT2D eigenvalue weighted by Gasteiger charge is 2.49. The number of aliphatic hydroxyl groups is 1. The van der Waals surface area contributed by atoms with Gasteiger partial charge in [0.2, 0.25) is 0 Å². The molecule has 1 aromatic heterocycles. The lowest BCUT2D eigenvalue weighted by molar-refractivity contribution is -0.127. The molecule has 1 N–H and O–H groups in total. The minimum Gasteiger partial charge on any atom is -0.390 e. The topological polar surface area (TPSA) is 45.6 Å². The number of nitrogens with zero attached hydrogens (tertiary/aromatic N) is 2. The number of ether oxygens (including phenoxy) is 1. The second kappa shape index (κ2) is 3.18. The molecule has 80 valence electrons. The van der Waals surface area contributed by atoms with Gasteiger partial charge in [0.05, 0.1) is 30.9 Å². The van der Waals surface area contributed by atoms with Crippen molar-refractivity contribution in [2.45, 2.75) is 6.61 Å². The molecule has 0 unspecified atom stereocenters. The van der Waals surface area contributed by atoms with Crippen LogP contribution in [0.5, 0.6) is 0 Å². The van der Waals surface area contributed by atoms with Crippen LogP contribution in [-0.4, -0.2) is 36.4 Å². The number of hydrogen-bond acceptors (Lipinski definition) is 4. The average Bonchev–Trinajstić information content (AvgIpc) is 2.14. The van der Waals surface area contributed by atoms with E-state index in [2.05, 4.69) is 9.88 Å². The van der Waals surface area contributed by atoms with Gasteiger partial charge in [-0.25, -0.2) is 4.98 Å². The predicted octanol–water partition coefficient (Wildman–Crippen LogP) is 0.410. The van der Waals surface area contributed by atoms with Crippen molar-refractivity contribution in [3.05, 3.63) is 23.9 Å². The molecule has 4 nitrogen and oxygen atoms in total. The van der Waals surface area contributed by atoms with Crippen molar-refractivity contribution in [1.29, 1.82) is 0 Å². The van der Waals surface area contributed by atoms with Crippen molar-refractivity contribution in [3.8, 4) is 0 Å². The molecule has 15 heavy (non-hydrogen) atoms. The molecule has 0 atom stereocenters. The summed E-state index contributed by atoms with van der Waals surface area (Å²) < 4.78 is 5.22. The van der Waals surface area contributed by atoms with Gasteiger partial charge in [0.1, 0.15) is 5.82 Å².